The van der Waals surface area contributed by atoms with E-state index in [0.29, 0.717) is 55.5 Å². The van der Waals surface area contributed by atoms with E-state index >= 15 is 0 Å². The highest BCUT2D eigenvalue weighted by atomic mass is 32.3. The minimum absolute atomic E-state index is 0.115. The average Bonchev–Trinajstić information content (AvgIpc) is 3.14. The summed E-state index contributed by atoms with van der Waals surface area (Å²) in [5, 5.41) is 6.35. The molecule has 2 N–H and O–H groups in total. The number of hydrogen-bond acceptors (Lipinski definition) is 7. The van der Waals surface area contributed by atoms with Crippen LogP contribution in [-0.2, 0) is 16.2 Å². The summed E-state index contributed by atoms with van der Waals surface area (Å²) in [4.78, 5) is 36.5. The third-order valence-electron chi connectivity index (χ3n) is 6.11. The molecule has 0 aromatic carbocycles. The molecule has 1 fully saturated rings. The van der Waals surface area contributed by atoms with Gasteiger partial charge >= 0.3 is 6.09 Å². The van der Waals surface area contributed by atoms with E-state index in [2.05, 4.69) is 41.3 Å². The number of carbonyl (C=O) groups is 2. The zero-order valence-corrected chi connectivity index (χ0v) is 24.4. The molecule has 0 radical (unpaired) electrons. The van der Waals surface area contributed by atoms with Crippen LogP contribution in [0, 0.1) is 5.92 Å². The lowest BCUT2D eigenvalue weighted by atomic mass is 9.94. The van der Waals surface area contributed by atoms with Gasteiger partial charge in [0, 0.05) is 37.6 Å². The predicted molar refractivity (Wildman–Crippen MR) is 151 cm³/mol. The molecule has 0 spiro atoms. The van der Waals surface area contributed by atoms with E-state index < -0.39 is 15.6 Å². The molecule has 2 atom stereocenters. The molecule has 37 heavy (non-hydrogen) atoms. The summed E-state index contributed by atoms with van der Waals surface area (Å²) in [5.74, 6) is 1.62. The van der Waals surface area contributed by atoms with Gasteiger partial charge in [-0.3, -0.25) is 4.79 Å². The average molecular weight is 537 g/mol. The first-order valence-corrected chi connectivity index (χ1v) is 15.9. The van der Waals surface area contributed by atoms with Gasteiger partial charge in [0.2, 0.25) is 0 Å². The third kappa shape index (κ3) is 8.23. The summed E-state index contributed by atoms with van der Waals surface area (Å²) >= 11 is 0. The molecule has 3 heterocycles. The van der Waals surface area contributed by atoms with Crippen LogP contribution in [0.4, 0.5) is 10.6 Å². The lowest BCUT2D eigenvalue weighted by Crippen LogP contribution is -2.49. The lowest BCUT2D eigenvalue weighted by molar-refractivity contribution is 0.0164. The number of hydrogen-bond donors (Lipinski definition) is 2. The van der Waals surface area contributed by atoms with Gasteiger partial charge in [-0.2, -0.15) is 0 Å². The van der Waals surface area contributed by atoms with E-state index in [1.165, 1.54) is 0 Å². The van der Waals surface area contributed by atoms with Crippen LogP contribution in [0.3, 0.4) is 0 Å². The summed E-state index contributed by atoms with van der Waals surface area (Å²) in [5.41, 5.74) is 1.12. The molecule has 3 rings (SSSR count). The summed E-state index contributed by atoms with van der Waals surface area (Å²) < 4.78 is 13.3. The van der Waals surface area contributed by atoms with Gasteiger partial charge in [-0.1, -0.05) is 6.92 Å². The zero-order chi connectivity index (χ0) is 27.4. The van der Waals surface area contributed by atoms with Crippen LogP contribution in [0.25, 0.3) is 11.2 Å². The van der Waals surface area contributed by atoms with Crippen LogP contribution in [-0.4, -0.2) is 93.8 Å². The summed E-state index contributed by atoms with van der Waals surface area (Å²) in [7, 11) is -0.641. The number of likely N-dealkylation sites (tertiary alicyclic amines) is 1. The third-order valence-corrected chi connectivity index (χ3v) is 7.50. The normalized spacial score (nSPS) is 19.1. The van der Waals surface area contributed by atoms with E-state index in [0.717, 1.165) is 12.2 Å². The van der Waals surface area contributed by atoms with Gasteiger partial charge in [0.05, 0.1) is 18.4 Å². The SMILES string of the molecule is CCNC(=O)c1cn(COCCS(C)(C)C)c2ncc(N[C@H]3CCN(C(=O)OC(C)(C)C)C[C@@H]3C)nc12. The van der Waals surface area contributed by atoms with Gasteiger partial charge in [-0.05, 0) is 58.8 Å². The summed E-state index contributed by atoms with van der Waals surface area (Å²) in [6.45, 7) is 12.3. The summed E-state index contributed by atoms with van der Waals surface area (Å²) in [6, 6.07) is 0.115. The number of carbonyl (C=O) groups excluding carboxylic acids is 2. The molecule has 2 aromatic rings. The Morgan fingerprint density at radius 1 is 1.24 bits per heavy atom. The van der Waals surface area contributed by atoms with Crippen LogP contribution < -0.4 is 10.6 Å². The Morgan fingerprint density at radius 3 is 2.59 bits per heavy atom. The first-order valence-electron chi connectivity index (χ1n) is 12.9. The quantitative estimate of drug-likeness (QED) is 0.468. The fourth-order valence-electron chi connectivity index (χ4n) is 4.16. The maximum atomic E-state index is 12.8. The Kier molecular flexibility index (Phi) is 9.33. The smallest absolute Gasteiger partial charge is 0.410 e. The maximum Gasteiger partial charge on any atom is 0.410 e. The van der Waals surface area contributed by atoms with Crippen LogP contribution in [0.5, 0.6) is 0 Å². The van der Waals surface area contributed by atoms with Crippen molar-refractivity contribution in [3.63, 3.8) is 0 Å². The van der Waals surface area contributed by atoms with E-state index in [-0.39, 0.29) is 24.0 Å². The molecule has 0 saturated carbocycles. The standard InChI is InChI=1S/C26H44N6O4S/c1-9-27-24(33)19-16-32(17-35-12-13-37(6,7)8)23-22(19)30-21(14-28-23)29-20-10-11-31(15-18(20)2)25(34)36-26(3,4)5/h14,16,18,20H,9-13,15,17H2,1-8H3,(H,27,33)(H,29,30)/t18-,20-/m0/s1. The van der Waals surface area contributed by atoms with Gasteiger partial charge in [0.25, 0.3) is 5.91 Å². The minimum Gasteiger partial charge on any atom is -0.444 e. The number of anilines is 1. The van der Waals surface area contributed by atoms with Crippen molar-refractivity contribution >= 4 is 39.0 Å². The van der Waals surface area contributed by atoms with Gasteiger partial charge in [0.1, 0.15) is 23.7 Å². The highest BCUT2D eigenvalue weighted by molar-refractivity contribution is 8.32. The van der Waals surface area contributed by atoms with Crippen LogP contribution in [0.15, 0.2) is 12.4 Å². The molecule has 1 aliphatic rings. The number of piperidine rings is 1. The number of aromatic nitrogens is 3. The number of amides is 2. The summed E-state index contributed by atoms with van der Waals surface area (Å²) in [6.07, 6.45) is 10.7. The topological polar surface area (TPSA) is 111 Å². The second-order valence-corrected chi connectivity index (χ2v) is 16.2. The zero-order valence-electron chi connectivity index (χ0n) is 23.6. The molecule has 1 saturated heterocycles. The molecule has 2 amide bonds. The van der Waals surface area contributed by atoms with Crippen molar-refractivity contribution in [2.75, 3.05) is 56.1 Å². The van der Waals surface area contributed by atoms with Crippen molar-refractivity contribution < 1.29 is 19.1 Å². The number of nitrogens with zero attached hydrogens (tertiary/aromatic N) is 4. The lowest BCUT2D eigenvalue weighted by Gasteiger charge is -2.38. The molecule has 208 valence electrons. The Bertz CT molecular complexity index is 1090. The van der Waals surface area contributed by atoms with Crippen molar-refractivity contribution in [1.29, 1.82) is 0 Å². The molecule has 11 heteroatoms. The first-order chi connectivity index (χ1) is 17.3. The van der Waals surface area contributed by atoms with E-state index in [1.54, 1.807) is 17.3 Å². The molecular weight excluding hydrogens is 492 g/mol. The Morgan fingerprint density at radius 2 is 1.97 bits per heavy atom. The van der Waals surface area contributed by atoms with Crippen molar-refractivity contribution in [2.24, 2.45) is 5.92 Å². The van der Waals surface area contributed by atoms with Gasteiger partial charge in [-0.15, -0.1) is 0 Å². The molecule has 10 nitrogen and oxygen atoms in total. The molecule has 0 aliphatic carbocycles. The Balaban J connectivity index is 1.73. The van der Waals surface area contributed by atoms with Crippen LogP contribution in [0.2, 0.25) is 0 Å². The number of nitrogens with one attached hydrogen (secondary N) is 2. The monoisotopic (exact) mass is 536 g/mol. The first kappa shape index (κ1) is 29.0. The van der Waals surface area contributed by atoms with Crippen LogP contribution in [0.1, 0.15) is 51.4 Å². The van der Waals surface area contributed by atoms with Crippen molar-refractivity contribution in [3.05, 3.63) is 18.0 Å². The second-order valence-electron chi connectivity index (χ2n) is 11.6. The van der Waals surface area contributed by atoms with E-state index in [9.17, 15) is 9.59 Å². The van der Waals surface area contributed by atoms with Gasteiger partial charge in [0.15, 0.2) is 5.65 Å². The largest absolute Gasteiger partial charge is 0.444 e. The number of ether oxygens (including phenoxy) is 2. The van der Waals surface area contributed by atoms with Crippen molar-refractivity contribution in [1.82, 2.24) is 24.8 Å². The molecule has 2 aromatic heterocycles. The number of rotatable bonds is 9. The van der Waals surface area contributed by atoms with Crippen LogP contribution >= 0.6 is 10.0 Å². The fraction of sp³-hybridized carbons (Fsp3) is 0.692. The van der Waals surface area contributed by atoms with Gasteiger partial charge in [-0.25, -0.2) is 24.8 Å². The molecular formula is C26H44N6O4S. The predicted octanol–water partition coefficient (Wildman–Crippen LogP) is 3.91. The highest BCUT2D eigenvalue weighted by Gasteiger charge is 2.31. The Hall–Kier alpha value is -2.53. The molecule has 1 aliphatic heterocycles. The highest BCUT2D eigenvalue weighted by Crippen LogP contribution is 2.33. The van der Waals surface area contributed by atoms with Gasteiger partial charge < -0.3 is 29.6 Å². The minimum atomic E-state index is -0.641. The number of fused-ring (bicyclic) bond motifs is 1. The van der Waals surface area contributed by atoms with E-state index in [1.807, 2.05) is 32.3 Å². The van der Waals surface area contributed by atoms with E-state index in [4.69, 9.17) is 14.5 Å². The molecule has 0 unspecified atom stereocenters. The van der Waals surface area contributed by atoms with Crippen molar-refractivity contribution in [3.8, 4) is 0 Å². The molecule has 0 bridgehead atoms. The fourth-order valence-corrected chi connectivity index (χ4v) is 4.77. The maximum absolute atomic E-state index is 12.8. The van der Waals surface area contributed by atoms with Crippen molar-refractivity contribution in [2.45, 2.75) is 59.4 Å². The second kappa shape index (κ2) is 11.9. The Labute approximate surface area is 222 Å².